The van der Waals surface area contributed by atoms with Crippen LogP contribution in [0.4, 0.5) is 0 Å². The predicted octanol–water partition coefficient (Wildman–Crippen LogP) is 0.441. The van der Waals surface area contributed by atoms with Gasteiger partial charge in [0.05, 0.1) is 18.8 Å². The molecule has 0 saturated carbocycles. The molecule has 122 valence electrons. The first-order valence-corrected chi connectivity index (χ1v) is 9.23. The molecule has 2 rings (SSSR count). The first-order valence-electron chi connectivity index (χ1n) is 7.38. The third-order valence-electron chi connectivity index (χ3n) is 3.84. The summed E-state index contributed by atoms with van der Waals surface area (Å²) in [4.78, 5) is 14.1. The molecule has 1 saturated heterocycles. The van der Waals surface area contributed by atoms with Crippen LogP contribution < -0.4 is 5.32 Å². The van der Waals surface area contributed by atoms with Crippen LogP contribution in [-0.4, -0.2) is 62.5 Å². The van der Waals surface area contributed by atoms with Crippen molar-refractivity contribution in [3.63, 3.8) is 0 Å². The van der Waals surface area contributed by atoms with Gasteiger partial charge in [-0.15, -0.1) is 0 Å². The van der Waals surface area contributed by atoms with E-state index in [0.29, 0.717) is 32.7 Å². The van der Waals surface area contributed by atoms with Crippen molar-refractivity contribution in [2.75, 3.05) is 39.0 Å². The third kappa shape index (κ3) is 4.79. The van der Waals surface area contributed by atoms with Crippen LogP contribution in [0, 0.1) is 0 Å². The molecule has 6 nitrogen and oxygen atoms in total. The van der Waals surface area contributed by atoms with Crippen molar-refractivity contribution in [2.45, 2.75) is 13.0 Å². The highest BCUT2D eigenvalue weighted by Crippen LogP contribution is 2.11. The van der Waals surface area contributed by atoms with E-state index >= 15 is 0 Å². The molecule has 0 aromatic heterocycles. The van der Waals surface area contributed by atoms with Crippen molar-refractivity contribution in [3.05, 3.63) is 35.9 Å². The van der Waals surface area contributed by atoms with E-state index in [2.05, 4.69) is 5.32 Å². The summed E-state index contributed by atoms with van der Waals surface area (Å²) < 4.78 is 24.3. The summed E-state index contributed by atoms with van der Waals surface area (Å²) in [7, 11) is -3.13. The molecule has 0 bridgehead atoms. The van der Waals surface area contributed by atoms with Gasteiger partial charge < -0.3 is 5.32 Å². The molecule has 1 unspecified atom stereocenters. The summed E-state index contributed by atoms with van der Waals surface area (Å²) in [5.74, 6) is -0.0378. The number of benzene rings is 1. The number of hydrogen-bond donors (Lipinski definition) is 1. The Kier molecular flexibility index (Phi) is 5.55. The normalized spacial score (nSPS) is 18.8. The molecule has 0 spiro atoms. The lowest BCUT2D eigenvalue weighted by Gasteiger charge is -2.32. The van der Waals surface area contributed by atoms with E-state index in [4.69, 9.17) is 0 Å². The van der Waals surface area contributed by atoms with Gasteiger partial charge in [-0.1, -0.05) is 30.3 Å². The average molecular weight is 325 g/mol. The van der Waals surface area contributed by atoms with Crippen molar-refractivity contribution >= 4 is 15.9 Å². The van der Waals surface area contributed by atoms with Gasteiger partial charge in [-0.2, -0.15) is 4.31 Å². The molecule has 0 aliphatic carbocycles. The maximum Gasteiger partial charge on any atom is 0.234 e. The molecule has 1 aliphatic heterocycles. The first-order chi connectivity index (χ1) is 10.4. The Labute approximate surface area is 132 Å². The van der Waals surface area contributed by atoms with Crippen molar-refractivity contribution in [3.8, 4) is 0 Å². The zero-order valence-electron chi connectivity index (χ0n) is 13.0. The average Bonchev–Trinajstić information content (AvgIpc) is 2.47. The molecule has 1 aromatic carbocycles. The molecule has 1 aromatic rings. The third-order valence-corrected chi connectivity index (χ3v) is 5.15. The van der Waals surface area contributed by atoms with Gasteiger partial charge in [0.25, 0.3) is 0 Å². The number of nitrogens with zero attached hydrogens (tertiary/aromatic N) is 2. The second-order valence-corrected chi connectivity index (χ2v) is 7.62. The second-order valence-electron chi connectivity index (χ2n) is 5.64. The smallest absolute Gasteiger partial charge is 0.234 e. The molecule has 22 heavy (non-hydrogen) atoms. The van der Waals surface area contributed by atoms with Gasteiger partial charge in [0.15, 0.2) is 0 Å². The molecule has 1 amide bonds. The number of piperazine rings is 1. The quantitative estimate of drug-likeness (QED) is 0.853. The minimum absolute atomic E-state index is 0.0361. The zero-order valence-corrected chi connectivity index (χ0v) is 13.8. The Morgan fingerprint density at radius 2 is 1.77 bits per heavy atom. The van der Waals surface area contributed by atoms with Crippen LogP contribution in [0.25, 0.3) is 0 Å². The van der Waals surface area contributed by atoms with Gasteiger partial charge in [0.2, 0.25) is 15.9 Å². The lowest BCUT2D eigenvalue weighted by Crippen LogP contribution is -2.50. The number of carbonyl (C=O) groups is 1. The van der Waals surface area contributed by atoms with Crippen molar-refractivity contribution in [1.29, 1.82) is 0 Å². The molecule has 1 fully saturated rings. The summed E-state index contributed by atoms with van der Waals surface area (Å²) in [5.41, 5.74) is 1.07. The summed E-state index contributed by atoms with van der Waals surface area (Å²) >= 11 is 0. The fraction of sp³-hybridized carbons (Fsp3) is 0.533. The van der Waals surface area contributed by atoms with Crippen molar-refractivity contribution in [2.24, 2.45) is 0 Å². The van der Waals surface area contributed by atoms with Crippen molar-refractivity contribution < 1.29 is 13.2 Å². The van der Waals surface area contributed by atoms with Crippen LogP contribution in [0.3, 0.4) is 0 Å². The van der Waals surface area contributed by atoms with Gasteiger partial charge >= 0.3 is 0 Å². The molecular formula is C15H23N3O3S. The number of sulfonamides is 1. The molecular weight excluding hydrogens is 302 g/mol. The Morgan fingerprint density at radius 1 is 1.18 bits per heavy atom. The Balaban J connectivity index is 1.79. The van der Waals surface area contributed by atoms with Crippen LogP contribution in [-0.2, 0) is 14.8 Å². The van der Waals surface area contributed by atoms with Gasteiger partial charge in [0, 0.05) is 26.2 Å². The van der Waals surface area contributed by atoms with Crippen molar-refractivity contribution in [1.82, 2.24) is 14.5 Å². The van der Waals surface area contributed by atoms with Gasteiger partial charge in [0.1, 0.15) is 0 Å². The molecule has 1 heterocycles. The van der Waals surface area contributed by atoms with Gasteiger partial charge in [-0.3, -0.25) is 9.69 Å². The van der Waals surface area contributed by atoms with Crippen LogP contribution in [0.5, 0.6) is 0 Å². The van der Waals surface area contributed by atoms with E-state index in [0.717, 1.165) is 5.56 Å². The fourth-order valence-corrected chi connectivity index (χ4v) is 3.36. The van der Waals surface area contributed by atoms with Crippen LogP contribution in [0.15, 0.2) is 30.3 Å². The minimum Gasteiger partial charge on any atom is -0.348 e. The Morgan fingerprint density at radius 3 is 2.32 bits per heavy atom. The predicted molar refractivity (Wildman–Crippen MR) is 85.9 cm³/mol. The maximum absolute atomic E-state index is 12.1. The van der Waals surface area contributed by atoms with E-state index in [1.54, 1.807) is 0 Å². The number of rotatable bonds is 5. The minimum atomic E-state index is -3.13. The molecule has 7 heteroatoms. The molecule has 1 atom stereocenters. The lowest BCUT2D eigenvalue weighted by atomic mass is 10.1. The Bertz CT molecular complexity index is 596. The maximum atomic E-state index is 12.1. The van der Waals surface area contributed by atoms with Gasteiger partial charge in [-0.25, -0.2) is 8.42 Å². The monoisotopic (exact) mass is 325 g/mol. The van der Waals surface area contributed by atoms with Crippen LogP contribution >= 0.6 is 0 Å². The molecule has 1 aliphatic rings. The summed E-state index contributed by atoms with van der Waals surface area (Å²) in [6, 6.07) is 9.77. The summed E-state index contributed by atoms with van der Waals surface area (Å²) in [6.07, 6.45) is 1.22. The first kappa shape index (κ1) is 16.9. The molecule has 0 radical (unpaired) electrons. The fourth-order valence-electron chi connectivity index (χ4n) is 2.53. The second kappa shape index (κ2) is 7.21. The van der Waals surface area contributed by atoms with E-state index in [1.807, 2.05) is 42.2 Å². The van der Waals surface area contributed by atoms with E-state index in [-0.39, 0.29) is 11.9 Å². The zero-order chi connectivity index (χ0) is 16.2. The highest BCUT2D eigenvalue weighted by molar-refractivity contribution is 7.88. The molecule has 1 N–H and O–H groups in total. The largest absolute Gasteiger partial charge is 0.348 e. The summed E-state index contributed by atoms with van der Waals surface area (Å²) in [5, 5.41) is 2.97. The highest BCUT2D eigenvalue weighted by Gasteiger charge is 2.24. The highest BCUT2D eigenvalue weighted by atomic mass is 32.2. The van der Waals surface area contributed by atoms with E-state index in [9.17, 15) is 13.2 Å². The number of carbonyl (C=O) groups excluding carboxylic acids is 1. The number of nitrogens with one attached hydrogen (secondary N) is 1. The van der Waals surface area contributed by atoms with Crippen LogP contribution in [0.2, 0.25) is 0 Å². The van der Waals surface area contributed by atoms with Gasteiger partial charge in [-0.05, 0) is 12.5 Å². The SMILES string of the molecule is CC(NC(=O)CN1CCN(S(C)(=O)=O)CC1)c1ccccc1. The van der Waals surface area contributed by atoms with E-state index in [1.165, 1.54) is 10.6 Å². The van der Waals surface area contributed by atoms with Crippen LogP contribution in [0.1, 0.15) is 18.5 Å². The standard InChI is InChI=1S/C15H23N3O3S/c1-13(14-6-4-3-5-7-14)16-15(19)12-17-8-10-18(11-9-17)22(2,20)21/h3-7,13H,8-12H2,1-2H3,(H,16,19). The Hall–Kier alpha value is -1.44. The topological polar surface area (TPSA) is 69.7 Å². The lowest BCUT2D eigenvalue weighted by molar-refractivity contribution is -0.123. The van der Waals surface area contributed by atoms with E-state index < -0.39 is 10.0 Å². The summed E-state index contributed by atoms with van der Waals surface area (Å²) in [6.45, 7) is 4.31. The number of hydrogen-bond acceptors (Lipinski definition) is 4. The number of amides is 1.